The van der Waals surface area contributed by atoms with Gasteiger partial charge < -0.3 is 52.2 Å². The van der Waals surface area contributed by atoms with Crippen molar-refractivity contribution in [2.24, 2.45) is 11.1 Å². The van der Waals surface area contributed by atoms with E-state index in [9.17, 15) is 57.4 Å². The topological polar surface area (TPSA) is 313 Å². The highest BCUT2D eigenvalue weighted by molar-refractivity contribution is 6.14. The van der Waals surface area contributed by atoms with Gasteiger partial charge in [-0.1, -0.05) is 51.1 Å². The van der Waals surface area contributed by atoms with E-state index in [1.807, 2.05) is 30.3 Å². The summed E-state index contributed by atoms with van der Waals surface area (Å²) in [5, 5.41) is 23.1. The average Bonchev–Trinajstić information content (AvgIpc) is 3.95. The van der Waals surface area contributed by atoms with E-state index in [2.05, 4.69) is 31.6 Å². The predicted molar refractivity (Wildman–Crippen MR) is 274 cm³/mol. The minimum atomic E-state index is -1.79. The number of pyridine rings is 1. The second-order valence-corrected chi connectivity index (χ2v) is 19.2. The molecule has 0 aliphatic carbocycles. The third-order valence-electron chi connectivity index (χ3n) is 12.1. The molecule has 0 saturated carbocycles. The van der Waals surface area contributed by atoms with Crippen LogP contribution in [-0.4, -0.2) is 140 Å². The van der Waals surface area contributed by atoms with Gasteiger partial charge in [-0.25, -0.2) is 8.78 Å². The number of aromatic nitrogens is 2. The number of benzene rings is 2. The summed E-state index contributed by atoms with van der Waals surface area (Å²) in [7, 11) is 0. The summed E-state index contributed by atoms with van der Waals surface area (Å²) in [6.07, 6.45) is 5.03. The Labute approximate surface area is 444 Å². The fraction of sp³-hybridized carbons (Fsp3) is 0.377. The molecule has 0 bridgehead atoms. The molecule has 0 fully saturated rings. The van der Waals surface area contributed by atoms with Crippen molar-refractivity contribution in [1.29, 1.82) is 0 Å². The van der Waals surface area contributed by atoms with Gasteiger partial charge in [0.25, 0.3) is 11.8 Å². The van der Waals surface area contributed by atoms with E-state index >= 15 is 4.39 Å². The maximum atomic E-state index is 15.4. The fourth-order valence-electron chi connectivity index (χ4n) is 8.31. The van der Waals surface area contributed by atoms with E-state index in [0.717, 1.165) is 35.9 Å². The number of hydrogen-bond donors (Lipinski definition) is 8. The number of primary amides is 1. The molecule has 3 heterocycles. The molecule has 22 nitrogen and oxygen atoms in total. The number of carbonyl (C=O) groups is 10. The van der Waals surface area contributed by atoms with Crippen LogP contribution >= 0.6 is 0 Å². The Morgan fingerprint density at radius 2 is 1.42 bits per heavy atom. The second-order valence-electron chi connectivity index (χ2n) is 19.2. The molecule has 9 N–H and O–H groups in total. The maximum absolute atomic E-state index is 15.4. The summed E-state index contributed by atoms with van der Waals surface area (Å²) in [6, 6.07) is 9.56. The lowest BCUT2D eigenvalue weighted by atomic mass is 9.82. The first-order valence-electron chi connectivity index (χ1n) is 24.9. The van der Waals surface area contributed by atoms with Crippen molar-refractivity contribution in [1.82, 2.24) is 51.2 Å². The van der Waals surface area contributed by atoms with Crippen LogP contribution in [0.4, 0.5) is 8.78 Å². The van der Waals surface area contributed by atoms with E-state index in [-0.39, 0.29) is 37.2 Å². The second kappa shape index (κ2) is 27.2. The number of nitrogens with one attached hydrogen (secondary N) is 6. The van der Waals surface area contributed by atoms with Gasteiger partial charge in [-0.3, -0.25) is 57.8 Å². The molecule has 5 rings (SSSR count). The van der Waals surface area contributed by atoms with Gasteiger partial charge in [0.05, 0.1) is 18.9 Å². The van der Waals surface area contributed by atoms with Crippen LogP contribution in [0.25, 0.3) is 11.1 Å². The molecule has 2 aromatic carbocycles. The van der Waals surface area contributed by atoms with Crippen LogP contribution in [0.3, 0.4) is 0 Å². The van der Waals surface area contributed by atoms with Crippen molar-refractivity contribution >= 4 is 59.1 Å². The van der Waals surface area contributed by atoms with Gasteiger partial charge in [-0.2, -0.15) is 0 Å². The van der Waals surface area contributed by atoms with Gasteiger partial charge in [0, 0.05) is 73.7 Å². The van der Waals surface area contributed by atoms with Crippen LogP contribution in [0.2, 0.25) is 1.41 Å². The molecule has 410 valence electrons. The molecule has 0 unspecified atom stereocenters. The third-order valence-corrected chi connectivity index (χ3v) is 12.1. The lowest BCUT2D eigenvalue weighted by Crippen LogP contribution is -2.58. The van der Waals surface area contributed by atoms with Crippen molar-refractivity contribution in [2.45, 2.75) is 90.6 Å². The minimum Gasteiger partial charge on any atom is -0.387 e. The van der Waals surface area contributed by atoms with Crippen molar-refractivity contribution in [3.05, 3.63) is 126 Å². The Hall–Kier alpha value is -8.67. The number of carbonyl (C=O) groups excluding carboxylic acids is 10. The Morgan fingerprint density at radius 1 is 0.779 bits per heavy atom. The number of imide groups is 1. The molecule has 1 aliphatic heterocycles. The third kappa shape index (κ3) is 17.2. The molecule has 4 aromatic rings. The highest BCUT2D eigenvalue weighted by Crippen LogP contribution is 2.41. The van der Waals surface area contributed by atoms with Crippen LogP contribution in [0.5, 0.6) is 0 Å². The SMILES string of the molecule is [2H]N(C(=O)Cc1ccncc1)[C@H](C)C(=O)N[C@@H](C)C(=O)N[C@@H](CC(N)=O)C(=O)N[C@@H](CCN(C(=O)CO)[C@@H](c1cc(-c2cc(F)ccc2F)cn1Cc1ccccc1)C(C)(C)C)C(=O)NCCNC(=O)CN1C(=O)C=CC1=O. The average molecular weight is 1070 g/mol. The van der Waals surface area contributed by atoms with Crippen LogP contribution in [-0.2, 0) is 60.9 Å². The number of amides is 10. The van der Waals surface area contributed by atoms with Crippen molar-refractivity contribution in [2.75, 3.05) is 32.8 Å². The van der Waals surface area contributed by atoms with Crippen molar-refractivity contribution < 1.29 is 63.2 Å². The first-order chi connectivity index (χ1) is 36.9. The Kier molecular flexibility index (Phi) is 20.4. The zero-order chi connectivity index (χ0) is 57.4. The summed E-state index contributed by atoms with van der Waals surface area (Å²) in [4.78, 5) is 137. The zero-order valence-corrected chi connectivity index (χ0v) is 43.1. The van der Waals surface area contributed by atoms with Crippen LogP contribution in [0, 0.1) is 17.0 Å². The highest BCUT2D eigenvalue weighted by Gasteiger charge is 2.39. The Balaban J connectivity index is 1.41. The summed E-state index contributed by atoms with van der Waals surface area (Å²) >= 11 is 0. The normalized spacial score (nSPS) is 14.3. The Bertz CT molecular complexity index is 2880. The molecule has 77 heavy (non-hydrogen) atoms. The van der Waals surface area contributed by atoms with E-state index in [4.69, 9.17) is 7.15 Å². The molecular formula is C53H63F2N11O11. The van der Waals surface area contributed by atoms with E-state index in [1.165, 1.54) is 31.1 Å². The van der Waals surface area contributed by atoms with Gasteiger partial charge >= 0.3 is 0 Å². The van der Waals surface area contributed by atoms with Crippen LogP contribution in [0.1, 0.15) is 70.3 Å². The largest absolute Gasteiger partial charge is 0.387 e. The van der Waals surface area contributed by atoms with Gasteiger partial charge in [0.1, 0.15) is 49.0 Å². The number of aliphatic hydroxyl groups excluding tert-OH is 1. The highest BCUT2D eigenvalue weighted by atomic mass is 19.1. The maximum Gasteiger partial charge on any atom is 0.254 e. The molecule has 0 spiro atoms. The molecular weight excluding hydrogens is 1000 g/mol. The lowest BCUT2D eigenvalue weighted by molar-refractivity contribution is -0.141. The molecule has 10 amide bonds. The smallest absolute Gasteiger partial charge is 0.254 e. The van der Waals surface area contributed by atoms with E-state index < -0.39 is 139 Å². The number of halogens is 2. The molecule has 24 heteroatoms. The standard InChI is InChI=1S/C53H63F2N11O11/c1-31(60-43(69)23-33-15-18-57-19-16-33)49(74)61-32(2)50(75)63-40(26-42(56)68)52(77)62-39(51(76)59-21-20-58-44(70)29-66-45(71)13-14-46(66)72)17-22-65(47(73)30-67)48(53(3,4)5)41-24-35(37-25-36(54)11-12-38(37)55)28-64(41)27-34-9-7-6-8-10-34/h6-16,18-19,24-25,28,31-32,39-40,48,67H,17,20-23,26-27,29-30H2,1-5H3,(H2,56,68)(H,58,70)(H,59,76)(H,60,69)(H,61,74)(H,62,77)(H,63,75)/t31-,32+,39+,40+,48+/m1/s1/i/hD. The molecule has 0 radical (unpaired) electrons. The molecule has 5 atom stereocenters. The number of nitrogens with two attached hydrogens (primary N) is 1. The Morgan fingerprint density at radius 3 is 2.05 bits per heavy atom. The van der Waals surface area contributed by atoms with E-state index in [0.29, 0.717) is 21.5 Å². The van der Waals surface area contributed by atoms with E-state index in [1.54, 1.807) is 49.7 Å². The number of aliphatic hydroxyl groups is 1. The first-order valence-corrected chi connectivity index (χ1v) is 24.4. The molecule has 2 aromatic heterocycles. The summed E-state index contributed by atoms with van der Waals surface area (Å²) in [5.41, 5.74) is 6.52. The van der Waals surface area contributed by atoms with Gasteiger partial charge in [0.2, 0.25) is 47.3 Å². The number of nitrogens with zero attached hydrogens (tertiary/aromatic N) is 4. The fourth-order valence-corrected chi connectivity index (χ4v) is 8.31. The van der Waals surface area contributed by atoms with Gasteiger partial charge in [-0.15, -0.1) is 0 Å². The summed E-state index contributed by atoms with van der Waals surface area (Å²) in [6.45, 7) is 5.45. The molecule has 1 aliphatic rings. The zero-order valence-electron chi connectivity index (χ0n) is 44.1. The number of hydrogen-bond acceptors (Lipinski definition) is 12. The van der Waals surface area contributed by atoms with Gasteiger partial charge in [0.15, 0.2) is 1.41 Å². The van der Waals surface area contributed by atoms with Gasteiger partial charge in [-0.05, 0) is 73.2 Å². The predicted octanol–water partition coefficient (Wildman–Crippen LogP) is 0.429. The summed E-state index contributed by atoms with van der Waals surface area (Å²) < 4.78 is 40.0. The summed E-state index contributed by atoms with van der Waals surface area (Å²) in [5.74, 6) is -10.2. The van der Waals surface area contributed by atoms with Crippen molar-refractivity contribution in [3.63, 3.8) is 0 Å². The molecule has 0 saturated heterocycles. The van der Waals surface area contributed by atoms with Crippen LogP contribution in [0.15, 0.2) is 97.5 Å². The first kappa shape index (κ1) is 57.6. The lowest BCUT2D eigenvalue weighted by Gasteiger charge is -2.41. The number of rotatable bonds is 26. The monoisotopic (exact) mass is 1070 g/mol. The van der Waals surface area contributed by atoms with Crippen LogP contribution < -0.4 is 37.6 Å². The minimum absolute atomic E-state index is 0.0749. The quantitative estimate of drug-likeness (QED) is 0.0314. The van der Waals surface area contributed by atoms with Crippen molar-refractivity contribution in [3.8, 4) is 11.1 Å².